The van der Waals surface area contributed by atoms with E-state index in [1.54, 1.807) is 0 Å². The Kier molecular flexibility index (Phi) is 3.74. The van der Waals surface area contributed by atoms with Crippen LogP contribution in [0.15, 0.2) is 4.99 Å². The highest BCUT2D eigenvalue weighted by Gasteiger charge is 2.50. The van der Waals surface area contributed by atoms with Crippen LogP contribution in [0.4, 0.5) is 0 Å². The Morgan fingerprint density at radius 2 is 2.16 bits per heavy atom. The SMILES string of the molecule is CCC(O)C1OC2SC(N3CCC3)=NC2C(O)C1O. The highest BCUT2D eigenvalue weighted by molar-refractivity contribution is 8.14. The van der Waals surface area contributed by atoms with E-state index in [0.29, 0.717) is 6.42 Å². The van der Waals surface area contributed by atoms with Crippen LogP contribution in [-0.4, -0.2) is 74.4 Å². The van der Waals surface area contributed by atoms with Gasteiger partial charge in [-0.25, -0.2) is 0 Å². The van der Waals surface area contributed by atoms with Crippen LogP contribution < -0.4 is 0 Å². The average Bonchev–Trinajstić information content (AvgIpc) is 2.74. The third kappa shape index (κ3) is 2.27. The summed E-state index contributed by atoms with van der Waals surface area (Å²) in [6.07, 6.45) is -1.92. The molecular formula is C12H20N2O4S. The number of rotatable bonds is 2. The Morgan fingerprint density at radius 1 is 1.42 bits per heavy atom. The van der Waals surface area contributed by atoms with Crippen LogP contribution >= 0.6 is 11.8 Å². The molecule has 0 amide bonds. The van der Waals surface area contributed by atoms with Gasteiger partial charge in [0.05, 0.1) is 6.10 Å². The first-order valence-electron chi connectivity index (χ1n) is 6.81. The number of hydrogen-bond donors (Lipinski definition) is 3. The molecule has 0 bridgehead atoms. The lowest BCUT2D eigenvalue weighted by Crippen LogP contribution is -2.58. The molecule has 6 atom stereocenters. The maximum atomic E-state index is 10.2. The molecule has 3 N–H and O–H groups in total. The molecular weight excluding hydrogens is 268 g/mol. The Labute approximate surface area is 116 Å². The van der Waals surface area contributed by atoms with E-state index in [4.69, 9.17) is 4.74 Å². The summed E-state index contributed by atoms with van der Waals surface area (Å²) in [4.78, 5) is 6.62. The minimum atomic E-state index is -1.09. The zero-order valence-electron chi connectivity index (χ0n) is 10.8. The molecule has 0 saturated carbocycles. The topological polar surface area (TPSA) is 85.5 Å². The highest BCUT2D eigenvalue weighted by Crippen LogP contribution is 2.39. The molecule has 0 aromatic rings. The predicted octanol–water partition coefficient (Wildman–Crippen LogP) is -0.619. The minimum absolute atomic E-state index is 0.305. The summed E-state index contributed by atoms with van der Waals surface area (Å²) >= 11 is 1.49. The van der Waals surface area contributed by atoms with Gasteiger partial charge < -0.3 is 25.0 Å². The Morgan fingerprint density at radius 3 is 2.74 bits per heavy atom. The lowest BCUT2D eigenvalue weighted by molar-refractivity contribution is -0.185. The Bertz CT molecular complexity index is 377. The average molecular weight is 288 g/mol. The van der Waals surface area contributed by atoms with Crippen LogP contribution in [-0.2, 0) is 4.74 Å². The number of likely N-dealkylation sites (tertiary alicyclic amines) is 1. The lowest BCUT2D eigenvalue weighted by atomic mass is 9.94. The van der Waals surface area contributed by atoms with Crippen molar-refractivity contribution in [2.45, 2.75) is 55.7 Å². The van der Waals surface area contributed by atoms with Gasteiger partial charge in [0.25, 0.3) is 0 Å². The lowest BCUT2D eigenvalue weighted by Gasteiger charge is -2.40. The second-order valence-corrected chi connectivity index (χ2v) is 6.35. The zero-order chi connectivity index (χ0) is 13.6. The van der Waals surface area contributed by atoms with Crippen LogP contribution in [0.2, 0.25) is 0 Å². The Balaban J connectivity index is 1.73. The molecule has 0 aromatic carbocycles. The molecule has 3 rings (SSSR count). The van der Waals surface area contributed by atoms with Crippen LogP contribution in [0.25, 0.3) is 0 Å². The van der Waals surface area contributed by atoms with Gasteiger partial charge in [0.1, 0.15) is 29.8 Å². The molecule has 19 heavy (non-hydrogen) atoms. The molecule has 0 aliphatic carbocycles. The van der Waals surface area contributed by atoms with E-state index >= 15 is 0 Å². The van der Waals surface area contributed by atoms with Gasteiger partial charge in [-0.1, -0.05) is 18.7 Å². The van der Waals surface area contributed by atoms with E-state index in [0.717, 1.165) is 24.7 Å². The van der Waals surface area contributed by atoms with E-state index in [1.807, 2.05) is 6.92 Å². The van der Waals surface area contributed by atoms with Gasteiger partial charge >= 0.3 is 0 Å². The number of nitrogens with zero attached hydrogens (tertiary/aromatic N) is 2. The smallest absolute Gasteiger partial charge is 0.162 e. The fraction of sp³-hybridized carbons (Fsp3) is 0.917. The number of hydrogen-bond acceptors (Lipinski definition) is 7. The number of aliphatic imine (C=N–C) groups is 1. The number of aliphatic hydroxyl groups excluding tert-OH is 3. The number of thioether (sulfide) groups is 1. The van der Waals surface area contributed by atoms with E-state index in [9.17, 15) is 15.3 Å². The van der Waals surface area contributed by atoms with E-state index in [-0.39, 0.29) is 5.44 Å². The van der Waals surface area contributed by atoms with Crippen molar-refractivity contribution in [2.75, 3.05) is 13.1 Å². The van der Waals surface area contributed by atoms with Gasteiger partial charge in [0.15, 0.2) is 5.17 Å². The maximum Gasteiger partial charge on any atom is 0.162 e. The minimum Gasteiger partial charge on any atom is -0.390 e. The molecule has 6 unspecified atom stereocenters. The molecule has 2 saturated heterocycles. The van der Waals surface area contributed by atoms with Crippen molar-refractivity contribution in [3.63, 3.8) is 0 Å². The van der Waals surface area contributed by atoms with Crippen molar-refractivity contribution in [3.8, 4) is 0 Å². The molecule has 2 fully saturated rings. The van der Waals surface area contributed by atoms with Crippen LogP contribution in [0.1, 0.15) is 19.8 Å². The fourth-order valence-electron chi connectivity index (χ4n) is 2.58. The Hall–Kier alpha value is -0.340. The fourth-order valence-corrected chi connectivity index (χ4v) is 3.85. The third-order valence-electron chi connectivity index (χ3n) is 4.01. The molecule has 3 heterocycles. The summed E-state index contributed by atoms with van der Waals surface area (Å²) in [5.41, 5.74) is -0.305. The summed E-state index contributed by atoms with van der Waals surface area (Å²) in [5, 5.41) is 31.0. The second-order valence-electron chi connectivity index (χ2n) is 5.29. The largest absolute Gasteiger partial charge is 0.390 e. The quantitative estimate of drug-likeness (QED) is 0.628. The van der Waals surface area contributed by atoms with Gasteiger partial charge in [0, 0.05) is 13.1 Å². The first-order chi connectivity index (χ1) is 9.11. The van der Waals surface area contributed by atoms with E-state index in [1.165, 1.54) is 11.8 Å². The van der Waals surface area contributed by atoms with Gasteiger partial charge in [-0.05, 0) is 12.8 Å². The monoisotopic (exact) mass is 288 g/mol. The zero-order valence-corrected chi connectivity index (χ0v) is 11.7. The van der Waals surface area contributed by atoms with Crippen LogP contribution in [0.5, 0.6) is 0 Å². The molecule has 6 nitrogen and oxygen atoms in total. The first-order valence-corrected chi connectivity index (χ1v) is 7.69. The van der Waals surface area contributed by atoms with E-state index < -0.39 is 30.5 Å². The van der Waals surface area contributed by atoms with E-state index in [2.05, 4.69) is 9.89 Å². The third-order valence-corrected chi connectivity index (χ3v) is 5.21. The van der Waals surface area contributed by atoms with Crippen molar-refractivity contribution < 1.29 is 20.1 Å². The van der Waals surface area contributed by atoms with Gasteiger partial charge in [0.2, 0.25) is 0 Å². The molecule has 0 aromatic heterocycles. The molecule has 3 aliphatic heterocycles. The van der Waals surface area contributed by atoms with Crippen molar-refractivity contribution in [1.29, 1.82) is 0 Å². The summed E-state index contributed by atoms with van der Waals surface area (Å²) < 4.78 is 5.76. The van der Waals surface area contributed by atoms with Crippen LogP contribution in [0.3, 0.4) is 0 Å². The number of aliphatic hydroxyl groups is 3. The molecule has 0 spiro atoms. The summed E-state index contributed by atoms with van der Waals surface area (Å²) in [5.74, 6) is 0. The summed E-state index contributed by atoms with van der Waals surface area (Å²) in [7, 11) is 0. The van der Waals surface area contributed by atoms with Crippen molar-refractivity contribution >= 4 is 16.9 Å². The predicted molar refractivity (Wildman–Crippen MR) is 72.0 cm³/mol. The van der Waals surface area contributed by atoms with Crippen molar-refractivity contribution in [3.05, 3.63) is 0 Å². The molecule has 3 aliphatic rings. The molecule has 0 radical (unpaired) electrons. The number of amidine groups is 1. The normalized spacial score (nSPS) is 43.5. The van der Waals surface area contributed by atoms with Gasteiger partial charge in [-0.15, -0.1) is 0 Å². The highest BCUT2D eigenvalue weighted by atomic mass is 32.2. The van der Waals surface area contributed by atoms with Gasteiger partial charge in [-0.3, -0.25) is 4.99 Å². The summed E-state index contributed by atoms with van der Waals surface area (Å²) in [6, 6.07) is -0.434. The second kappa shape index (κ2) is 5.21. The number of ether oxygens (including phenoxy) is 1. The first kappa shape index (κ1) is 13.6. The van der Waals surface area contributed by atoms with Gasteiger partial charge in [-0.2, -0.15) is 0 Å². The number of fused-ring (bicyclic) bond motifs is 1. The van der Waals surface area contributed by atoms with Crippen molar-refractivity contribution in [1.82, 2.24) is 4.90 Å². The molecule has 108 valence electrons. The van der Waals surface area contributed by atoms with Crippen molar-refractivity contribution in [2.24, 2.45) is 4.99 Å². The molecule has 7 heteroatoms. The maximum absolute atomic E-state index is 10.2. The summed E-state index contributed by atoms with van der Waals surface area (Å²) in [6.45, 7) is 3.80. The standard InChI is InChI=1S/C12H20N2O4S/c1-2-6(15)10-9(17)8(16)7-11(18-10)19-12(13-7)14-4-3-5-14/h6-11,15-17H,2-5H2,1H3. The van der Waals surface area contributed by atoms with Crippen LogP contribution in [0, 0.1) is 0 Å².